The van der Waals surface area contributed by atoms with Gasteiger partial charge in [-0.15, -0.1) is 0 Å². The number of amides is 1. The van der Waals surface area contributed by atoms with Gasteiger partial charge in [0.2, 0.25) is 0 Å². The maximum Gasteiger partial charge on any atom is 0.296 e. The maximum atomic E-state index is 13.0. The summed E-state index contributed by atoms with van der Waals surface area (Å²) in [5.41, 5.74) is 0.0933. The van der Waals surface area contributed by atoms with Gasteiger partial charge in [0.05, 0.1) is 31.1 Å². The number of benzene rings is 1. The molecule has 0 spiro atoms. The maximum absolute atomic E-state index is 13.0. The summed E-state index contributed by atoms with van der Waals surface area (Å²) in [6, 6.07) is 10.5. The Morgan fingerprint density at radius 3 is 2.67 bits per heavy atom. The molecule has 8 heteroatoms. The normalized spacial score (nSPS) is 18.2. The summed E-state index contributed by atoms with van der Waals surface area (Å²) in [6.07, 6.45) is 1.48. The molecule has 1 unspecified atom stereocenters. The number of ether oxygens (including phenoxy) is 1. The predicted molar refractivity (Wildman–Crippen MR) is 108 cm³/mol. The summed E-state index contributed by atoms with van der Waals surface area (Å²) in [5, 5.41) is 11.4. The fourth-order valence-electron chi connectivity index (χ4n) is 3.52. The van der Waals surface area contributed by atoms with E-state index in [-0.39, 0.29) is 17.7 Å². The van der Waals surface area contributed by atoms with Crippen LogP contribution >= 0.6 is 11.6 Å². The standard InChI is InChI=1S/C22H18ClNO6/c1-12-5-7-17(30-12)19-18(20(25)15-10-13(23)6-8-16(15)28-2)21(26)22(27)24(19)11-14-4-3-9-29-14/h3-10,19,25H,11H2,1-2H3/b20-18+. The van der Waals surface area contributed by atoms with Crippen molar-refractivity contribution in [3.05, 3.63) is 82.2 Å². The van der Waals surface area contributed by atoms with Crippen LogP contribution in [-0.4, -0.2) is 28.8 Å². The minimum atomic E-state index is -0.938. The Kier molecular flexibility index (Phi) is 5.13. The molecule has 1 saturated heterocycles. The van der Waals surface area contributed by atoms with Crippen molar-refractivity contribution in [3.63, 3.8) is 0 Å². The molecule has 0 saturated carbocycles. The summed E-state index contributed by atoms with van der Waals surface area (Å²) < 4.78 is 16.4. The number of aliphatic hydroxyl groups is 1. The van der Waals surface area contributed by atoms with E-state index in [1.165, 1.54) is 24.3 Å². The number of aryl methyl sites for hydroxylation is 1. The van der Waals surface area contributed by atoms with Gasteiger partial charge in [-0.2, -0.15) is 0 Å². The molecular weight excluding hydrogens is 410 g/mol. The largest absolute Gasteiger partial charge is 0.507 e. The Bertz CT molecular complexity index is 1140. The topological polar surface area (TPSA) is 93.1 Å². The van der Waals surface area contributed by atoms with Crippen LogP contribution in [0.2, 0.25) is 5.02 Å². The third-order valence-electron chi connectivity index (χ3n) is 4.89. The molecule has 1 atom stereocenters. The van der Waals surface area contributed by atoms with Crippen LogP contribution in [0.4, 0.5) is 0 Å². The van der Waals surface area contributed by atoms with Gasteiger partial charge in [0, 0.05) is 5.02 Å². The Morgan fingerprint density at radius 1 is 1.23 bits per heavy atom. The summed E-state index contributed by atoms with van der Waals surface area (Å²) in [6.45, 7) is 1.79. The van der Waals surface area contributed by atoms with Crippen molar-refractivity contribution in [3.8, 4) is 5.75 Å². The van der Waals surface area contributed by atoms with Crippen LogP contribution < -0.4 is 4.74 Å². The van der Waals surface area contributed by atoms with Gasteiger partial charge < -0.3 is 23.6 Å². The van der Waals surface area contributed by atoms with Gasteiger partial charge in [-0.1, -0.05) is 11.6 Å². The van der Waals surface area contributed by atoms with Crippen molar-refractivity contribution < 1.29 is 28.3 Å². The molecule has 1 aromatic carbocycles. The van der Waals surface area contributed by atoms with Gasteiger partial charge in [-0.3, -0.25) is 9.59 Å². The van der Waals surface area contributed by atoms with E-state index in [0.717, 1.165) is 0 Å². The third kappa shape index (κ3) is 3.37. The van der Waals surface area contributed by atoms with Crippen molar-refractivity contribution in [1.29, 1.82) is 0 Å². The smallest absolute Gasteiger partial charge is 0.296 e. The molecular formula is C22H18ClNO6. The second-order valence-electron chi connectivity index (χ2n) is 6.80. The van der Waals surface area contributed by atoms with Crippen LogP contribution in [0.15, 0.2) is 63.1 Å². The lowest BCUT2D eigenvalue weighted by molar-refractivity contribution is -0.140. The highest BCUT2D eigenvalue weighted by molar-refractivity contribution is 6.46. The molecule has 1 aliphatic heterocycles. The third-order valence-corrected chi connectivity index (χ3v) is 5.13. The SMILES string of the molecule is COc1ccc(Cl)cc1/C(O)=C1\C(=O)C(=O)N(Cc2ccco2)C1c1ccc(C)o1. The zero-order valence-electron chi connectivity index (χ0n) is 16.2. The first kappa shape index (κ1) is 19.8. The average Bonchev–Trinajstić information content (AvgIpc) is 3.45. The van der Waals surface area contributed by atoms with E-state index >= 15 is 0 Å². The monoisotopic (exact) mass is 427 g/mol. The van der Waals surface area contributed by atoms with Crippen molar-refractivity contribution in [2.45, 2.75) is 19.5 Å². The molecule has 0 bridgehead atoms. The molecule has 1 aliphatic rings. The van der Waals surface area contributed by atoms with Crippen LogP contribution in [0.25, 0.3) is 5.76 Å². The van der Waals surface area contributed by atoms with Crippen LogP contribution in [0.1, 0.15) is 28.9 Å². The number of furan rings is 2. The molecule has 1 N–H and O–H groups in total. The highest BCUT2D eigenvalue weighted by Crippen LogP contribution is 2.42. The van der Waals surface area contributed by atoms with E-state index in [1.807, 2.05) is 0 Å². The minimum Gasteiger partial charge on any atom is -0.507 e. The molecule has 154 valence electrons. The molecule has 0 aliphatic carbocycles. The Labute approximate surface area is 177 Å². The van der Waals surface area contributed by atoms with Crippen molar-refractivity contribution >= 4 is 29.1 Å². The fraction of sp³-hybridized carbons (Fsp3) is 0.182. The number of likely N-dealkylation sites (tertiary alicyclic amines) is 1. The number of carbonyl (C=O) groups is 2. The summed E-state index contributed by atoms with van der Waals surface area (Å²) in [4.78, 5) is 27.2. The lowest BCUT2D eigenvalue weighted by atomic mass is 9.98. The van der Waals surface area contributed by atoms with Gasteiger partial charge in [-0.25, -0.2) is 0 Å². The van der Waals surface area contributed by atoms with Gasteiger partial charge >= 0.3 is 0 Å². The number of halogens is 1. The van der Waals surface area contributed by atoms with Gasteiger partial charge in [0.1, 0.15) is 34.8 Å². The van der Waals surface area contributed by atoms with Crippen LogP contribution in [-0.2, 0) is 16.1 Å². The van der Waals surface area contributed by atoms with Crippen molar-refractivity contribution in [2.24, 2.45) is 0 Å². The minimum absolute atomic E-state index is 0.0332. The highest BCUT2D eigenvalue weighted by atomic mass is 35.5. The quantitative estimate of drug-likeness (QED) is 0.367. The highest BCUT2D eigenvalue weighted by Gasteiger charge is 2.48. The lowest BCUT2D eigenvalue weighted by Crippen LogP contribution is -2.28. The predicted octanol–water partition coefficient (Wildman–Crippen LogP) is 4.46. The summed E-state index contributed by atoms with van der Waals surface area (Å²) in [5.74, 6) is -0.245. The van der Waals surface area contributed by atoms with E-state index in [0.29, 0.717) is 28.1 Å². The zero-order valence-corrected chi connectivity index (χ0v) is 17.0. The Morgan fingerprint density at radius 2 is 2.03 bits per heavy atom. The van der Waals surface area contributed by atoms with Crippen LogP contribution in [0.5, 0.6) is 5.75 Å². The average molecular weight is 428 g/mol. The molecule has 30 heavy (non-hydrogen) atoms. The number of carbonyl (C=O) groups excluding carboxylic acids is 2. The molecule has 1 amide bonds. The van der Waals surface area contributed by atoms with Gasteiger partial charge in [0.25, 0.3) is 11.7 Å². The van der Waals surface area contributed by atoms with Crippen molar-refractivity contribution in [2.75, 3.05) is 7.11 Å². The molecule has 4 rings (SSSR count). The molecule has 3 aromatic rings. The Hall–Kier alpha value is -3.45. The van der Waals surface area contributed by atoms with E-state index in [4.69, 9.17) is 25.2 Å². The molecule has 0 radical (unpaired) electrons. The summed E-state index contributed by atoms with van der Waals surface area (Å²) >= 11 is 6.09. The number of Topliss-reactive ketones (excluding diaryl/α,β-unsaturated/α-hetero) is 1. The molecule has 2 aromatic heterocycles. The number of nitrogens with zero attached hydrogens (tertiary/aromatic N) is 1. The van der Waals surface area contributed by atoms with Crippen LogP contribution in [0.3, 0.4) is 0 Å². The number of rotatable bonds is 5. The molecule has 3 heterocycles. The number of methoxy groups -OCH3 is 1. The number of aliphatic hydroxyl groups excluding tert-OH is 1. The van der Waals surface area contributed by atoms with Gasteiger partial charge in [-0.05, 0) is 49.4 Å². The van der Waals surface area contributed by atoms with Crippen LogP contribution in [0, 0.1) is 6.92 Å². The number of hydrogen-bond donors (Lipinski definition) is 1. The van der Waals surface area contributed by atoms with E-state index < -0.39 is 23.5 Å². The van der Waals surface area contributed by atoms with Gasteiger partial charge in [0.15, 0.2) is 0 Å². The molecule has 7 nitrogen and oxygen atoms in total. The fourth-order valence-corrected chi connectivity index (χ4v) is 3.69. The first-order valence-electron chi connectivity index (χ1n) is 9.11. The Balaban J connectivity index is 1.90. The zero-order chi connectivity index (χ0) is 21.4. The van der Waals surface area contributed by atoms with E-state index in [1.54, 1.807) is 43.3 Å². The number of ketones is 1. The second-order valence-corrected chi connectivity index (χ2v) is 7.24. The first-order valence-corrected chi connectivity index (χ1v) is 9.49. The summed E-state index contributed by atoms with van der Waals surface area (Å²) in [7, 11) is 1.43. The number of hydrogen-bond acceptors (Lipinski definition) is 6. The van der Waals surface area contributed by atoms with Crippen molar-refractivity contribution in [1.82, 2.24) is 4.90 Å². The first-order chi connectivity index (χ1) is 14.4. The lowest BCUT2D eigenvalue weighted by Gasteiger charge is -2.22. The van der Waals surface area contributed by atoms with E-state index in [9.17, 15) is 14.7 Å². The van der Waals surface area contributed by atoms with E-state index in [2.05, 4.69) is 0 Å². The molecule has 1 fully saturated rings. The second kappa shape index (κ2) is 7.76.